The van der Waals surface area contributed by atoms with Crippen LogP contribution in [-0.4, -0.2) is 45.7 Å². The number of nitrogens with zero attached hydrogens (tertiary/aromatic N) is 3. The number of aromatic nitrogens is 2. The molecule has 0 aromatic carbocycles. The van der Waals surface area contributed by atoms with Crippen LogP contribution in [0.5, 0.6) is 0 Å². The first-order valence-corrected chi connectivity index (χ1v) is 9.11. The maximum Gasteiger partial charge on any atom is 0.233 e. The van der Waals surface area contributed by atoms with Gasteiger partial charge >= 0.3 is 0 Å². The summed E-state index contributed by atoms with van der Waals surface area (Å²) in [6.45, 7) is 4.51. The second-order valence-corrected chi connectivity index (χ2v) is 7.12. The number of rotatable bonds is 7. The van der Waals surface area contributed by atoms with Crippen molar-refractivity contribution in [2.75, 3.05) is 19.6 Å². The van der Waals surface area contributed by atoms with Crippen molar-refractivity contribution < 1.29 is 9.21 Å². The fraction of sp³-hybridized carbons (Fsp3) is 0.471. The average Bonchev–Trinajstić information content (AvgIpc) is 3.30. The van der Waals surface area contributed by atoms with Gasteiger partial charge < -0.3 is 9.73 Å². The number of carbonyl (C=O) groups is 1. The molecule has 1 aliphatic rings. The van der Waals surface area contributed by atoms with Crippen LogP contribution in [0.15, 0.2) is 46.4 Å². The van der Waals surface area contributed by atoms with E-state index >= 15 is 0 Å². The van der Waals surface area contributed by atoms with Gasteiger partial charge in [-0.2, -0.15) is 0 Å². The van der Waals surface area contributed by atoms with Crippen molar-refractivity contribution in [1.82, 2.24) is 20.2 Å². The summed E-state index contributed by atoms with van der Waals surface area (Å²) in [7, 11) is 0. The molecule has 1 N–H and O–H groups in total. The van der Waals surface area contributed by atoms with Crippen LogP contribution < -0.4 is 5.32 Å². The zero-order valence-electron chi connectivity index (χ0n) is 13.7. The van der Waals surface area contributed by atoms with Gasteiger partial charge in [0, 0.05) is 18.9 Å². The van der Waals surface area contributed by atoms with Crippen molar-refractivity contribution in [3.05, 3.63) is 42.6 Å². The molecule has 0 spiro atoms. The average molecular weight is 346 g/mol. The minimum Gasteiger partial charge on any atom is -0.468 e. The van der Waals surface area contributed by atoms with Gasteiger partial charge in [-0.05, 0) is 51.1 Å². The normalized spacial score (nSPS) is 17.5. The molecule has 128 valence electrons. The predicted octanol–water partition coefficient (Wildman–Crippen LogP) is 2.50. The summed E-state index contributed by atoms with van der Waals surface area (Å²) in [5, 5.41) is 3.42. The Labute approximate surface area is 146 Å². The highest BCUT2D eigenvalue weighted by molar-refractivity contribution is 8.00. The number of nitrogens with one attached hydrogen (secondary N) is 1. The highest BCUT2D eigenvalue weighted by atomic mass is 32.2. The molecule has 24 heavy (non-hydrogen) atoms. The lowest BCUT2D eigenvalue weighted by Crippen LogP contribution is -2.39. The third-order valence-electron chi connectivity index (χ3n) is 4.12. The van der Waals surface area contributed by atoms with Gasteiger partial charge in [-0.1, -0.05) is 11.8 Å². The Morgan fingerprint density at radius 2 is 2.08 bits per heavy atom. The molecule has 3 rings (SSSR count). The smallest absolute Gasteiger partial charge is 0.233 e. The maximum atomic E-state index is 12.4. The highest BCUT2D eigenvalue weighted by Crippen LogP contribution is 2.25. The zero-order chi connectivity index (χ0) is 16.8. The van der Waals surface area contributed by atoms with Crippen LogP contribution in [0, 0.1) is 0 Å². The minimum atomic E-state index is -0.247. The quantitative estimate of drug-likeness (QED) is 0.613. The summed E-state index contributed by atoms with van der Waals surface area (Å²) in [4.78, 5) is 23.1. The van der Waals surface area contributed by atoms with E-state index in [0.717, 1.165) is 18.8 Å². The number of hydrogen-bond acceptors (Lipinski definition) is 6. The summed E-state index contributed by atoms with van der Waals surface area (Å²) in [6.07, 6.45) is 7.44. The number of furan rings is 1. The molecule has 2 aromatic heterocycles. The number of likely N-dealkylation sites (tertiary alicyclic amines) is 1. The summed E-state index contributed by atoms with van der Waals surface area (Å²) in [5.41, 5.74) is 0. The van der Waals surface area contributed by atoms with Gasteiger partial charge in [0.25, 0.3) is 0 Å². The molecule has 7 heteroatoms. The van der Waals surface area contributed by atoms with Gasteiger partial charge in [0.1, 0.15) is 5.76 Å². The Kier molecular flexibility index (Phi) is 5.87. The van der Waals surface area contributed by atoms with Crippen molar-refractivity contribution in [2.45, 2.75) is 36.2 Å². The number of amides is 1. The van der Waals surface area contributed by atoms with E-state index in [2.05, 4.69) is 20.2 Å². The van der Waals surface area contributed by atoms with Crippen LogP contribution in [0.2, 0.25) is 0 Å². The molecule has 1 amide bonds. The first-order valence-electron chi connectivity index (χ1n) is 8.23. The third-order valence-corrected chi connectivity index (χ3v) is 5.11. The van der Waals surface area contributed by atoms with Gasteiger partial charge in [0.15, 0.2) is 5.16 Å². The van der Waals surface area contributed by atoms with Crippen LogP contribution in [0.1, 0.15) is 31.6 Å². The molecule has 2 unspecified atom stereocenters. The molecule has 0 saturated carbocycles. The van der Waals surface area contributed by atoms with Gasteiger partial charge in [-0.25, -0.2) is 9.97 Å². The van der Waals surface area contributed by atoms with Crippen molar-refractivity contribution in [3.63, 3.8) is 0 Å². The van der Waals surface area contributed by atoms with Crippen LogP contribution in [0.4, 0.5) is 0 Å². The van der Waals surface area contributed by atoms with Gasteiger partial charge in [0.05, 0.1) is 17.6 Å². The molecule has 1 saturated heterocycles. The maximum absolute atomic E-state index is 12.4. The molecule has 0 bridgehead atoms. The second kappa shape index (κ2) is 8.30. The molecule has 1 aliphatic heterocycles. The lowest BCUT2D eigenvalue weighted by molar-refractivity contribution is -0.120. The molecule has 0 radical (unpaired) electrons. The lowest BCUT2D eigenvalue weighted by atomic mass is 10.2. The van der Waals surface area contributed by atoms with E-state index in [0.29, 0.717) is 11.7 Å². The Morgan fingerprint density at radius 3 is 2.75 bits per heavy atom. The van der Waals surface area contributed by atoms with Gasteiger partial charge in [-0.3, -0.25) is 9.69 Å². The van der Waals surface area contributed by atoms with Crippen molar-refractivity contribution in [2.24, 2.45) is 0 Å². The van der Waals surface area contributed by atoms with Gasteiger partial charge in [-0.15, -0.1) is 0 Å². The fourth-order valence-corrected chi connectivity index (χ4v) is 3.59. The largest absolute Gasteiger partial charge is 0.468 e. The van der Waals surface area contributed by atoms with E-state index in [1.165, 1.54) is 24.6 Å². The topological polar surface area (TPSA) is 71.3 Å². The van der Waals surface area contributed by atoms with Crippen LogP contribution in [0.3, 0.4) is 0 Å². The second-order valence-electron chi connectivity index (χ2n) is 5.81. The van der Waals surface area contributed by atoms with E-state index in [4.69, 9.17) is 4.42 Å². The minimum absolute atomic E-state index is 0.0109. The Bertz CT molecular complexity index is 629. The molecule has 6 nitrogen and oxygen atoms in total. The molecular weight excluding hydrogens is 324 g/mol. The van der Waals surface area contributed by atoms with Crippen LogP contribution >= 0.6 is 11.8 Å². The molecule has 1 fully saturated rings. The highest BCUT2D eigenvalue weighted by Gasteiger charge is 2.26. The number of carbonyl (C=O) groups excluding carboxylic acids is 1. The third kappa shape index (κ3) is 4.36. The summed E-state index contributed by atoms with van der Waals surface area (Å²) < 4.78 is 5.58. The van der Waals surface area contributed by atoms with E-state index in [-0.39, 0.29) is 17.2 Å². The monoisotopic (exact) mass is 346 g/mol. The Hall–Kier alpha value is -1.86. The lowest BCUT2D eigenvalue weighted by Gasteiger charge is -2.26. The fourth-order valence-electron chi connectivity index (χ4n) is 2.84. The van der Waals surface area contributed by atoms with E-state index in [1.807, 2.05) is 19.1 Å². The predicted molar refractivity (Wildman–Crippen MR) is 92.6 cm³/mol. The first kappa shape index (κ1) is 17.0. The van der Waals surface area contributed by atoms with E-state index in [9.17, 15) is 4.79 Å². The Balaban J connectivity index is 1.56. The van der Waals surface area contributed by atoms with E-state index in [1.54, 1.807) is 24.7 Å². The molecule has 2 atom stereocenters. The standard InChI is InChI=1S/C17H22N4O2S/c1-13(24-17-18-7-5-8-19-17)16(22)20-12-14(15-6-4-11-23-15)21-9-2-3-10-21/h4-8,11,13-14H,2-3,9-10,12H2,1H3,(H,20,22). The summed E-state index contributed by atoms with van der Waals surface area (Å²) in [6, 6.07) is 5.73. The number of hydrogen-bond donors (Lipinski definition) is 1. The van der Waals surface area contributed by atoms with Crippen LogP contribution in [-0.2, 0) is 4.79 Å². The molecule has 3 heterocycles. The van der Waals surface area contributed by atoms with Crippen LogP contribution in [0.25, 0.3) is 0 Å². The van der Waals surface area contributed by atoms with Crippen molar-refractivity contribution >= 4 is 17.7 Å². The molecule has 2 aromatic rings. The number of thioether (sulfide) groups is 1. The van der Waals surface area contributed by atoms with Crippen molar-refractivity contribution in [3.8, 4) is 0 Å². The first-order chi connectivity index (χ1) is 11.7. The molecule has 0 aliphatic carbocycles. The van der Waals surface area contributed by atoms with E-state index < -0.39 is 0 Å². The Morgan fingerprint density at radius 1 is 1.33 bits per heavy atom. The van der Waals surface area contributed by atoms with Crippen molar-refractivity contribution in [1.29, 1.82) is 0 Å². The summed E-state index contributed by atoms with van der Waals surface area (Å²) in [5.74, 6) is 0.895. The molecular formula is C17H22N4O2S. The van der Waals surface area contributed by atoms with Gasteiger partial charge in [0.2, 0.25) is 5.91 Å². The summed E-state index contributed by atoms with van der Waals surface area (Å²) >= 11 is 1.36. The zero-order valence-corrected chi connectivity index (χ0v) is 14.5. The SMILES string of the molecule is CC(Sc1ncccn1)C(=O)NCC(c1ccco1)N1CCCC1.